The van der Waals surface area contributed by atoms with Crippen LogP contribution >= 0.6 is 15.9 Å². The molecule has 1 nitrogen and oxygen atoms in total. The number of fused-ring (bicyclic) bond motifs is 1. The lowest BCUT2D eigenvalue weighted by Crippen LogP contribution is -2.48. The molecule has 0 spiro atoms. The number of halogens is 1. The SMILES string of the molecule is CC[Si](CC)(CC)c1[nH]c2ccccc2c1CCBr. The van der Waals surface area contributed by atoms with Crippen molar-refractivity contribution in [1.82, 2.24) is 4.98 Å². The van der Waals surface area contributed by atoms with Gasteiger partial charge >= 0.3 is 0 Å². The second kappa shape index (κ2) is 6.27. The molecule has 3 heteroatoms. The van der Waals surface area contributed by atoms with E-state index in [4.69, 9.17) is 0 Å². The van der Waals surface area contributed by atoms with Crippen LogP contribution in [0.25, 0.3) is 10.9 Å². The number of aromatic nitrogens is 1. The van der Waals surface area contributed by atoms with Gasteiger partial charge in [-0.1, -0.05) is 73.0 Å². The van der Waals surface area contributed by atoms with Gasteiger partial charge in [-0.3, -0.25) is 0 Å². The van der Waals surface area contributed by atoms with Gasteiger partial charge in [0, 0.05) is 21.6 Å². The molecule has 1 N–H and O–H groups in total. The first-order valence-electron chi connectivity index (χ1n) is 7.38. The topological polar surface area (TPSA) is 15.8 Å². The van der Waals surface area contributed by atoms with Crippen molar-refractivity contribution in [2.75, 3.05) is 5.33 Å². The predicted molar refractivity (Wildman–Crippen MR) is 92.6 cm³/mol. The molecule has 0 saturated carbocycles. The Balaban J connectivity index is 2.67. The molecule has 0 aliphatic rings. The number of nitrogens with one attached hydrogen (secondary N) is 1. The van der Waals surface area contributed by atoms with E-state index in [-0.39, 0.29) is 0 Å². The molecule has 0 saturated heterocycles. The summed E-state index contributed by atoms with van der Waals surface area (Å²) in [5.74, 6) is 0. The first-order chi connectivity index (χ1) is 9.22. The Morgan fingerprint density at radius 2 is 1.68 bits per heavy atom. The Morgan fingerprint density at radius 1 is 1.05 bits per heavy atom. The average Bonchev–Trinajstić information content (AvgIpc) is 2.82. The summed E-state index contributed by atoms with van der Waals surface area (Å²) in [5.41, 5.74) is 2.89. The molecule has 0 fully saturated rings. The molecular formula is C16H24BrNSi. The van der Waals surface area contributed by atoms with E-state index in [0.29, 0.717) is 0 Å². The maximum Gasteiger partial charge on any atom is 0.107 e. The molecule has 0 aliphatic heterocycles. The lowest BCUT2D eigenvalue weighted by molar-refractivity contribution is 1.15. The van der Waals surface area contributed by atoms with Crippen LogP contribution in [0.2, 0.25) is 18.1 Å². The molecule has 1 aromatic heterocycles. The Kier molecular flexibility index (Phi) is 4.90. The van der Waals surface area contributed by atoms with Gasteiger partial charge in [0.25, 0.3) is 0 Å². The second-order valence-electron chi connectivity index (χ2n) is 5.30. The normalized spacial score (nSPS) is 12.2. The van der Waals surface area contributed by atoms with Gasteiger partial charge in [0.1, 0.15) is 8.07 Å². The molecule has 0 radical (unpaired) electrons. The van der Waals surface area contributed by atoms with Crippen molar-refractivity contribution in [2.24, 2.45) is 0 Å². The Bertz CT molecular complexity index is 534. The Morgan fingerprint density at radius 3 is 2.26 bits per heavy atom. The first-order valence-corrected chi connectivity index (χ1v) is 11.1. The van der Waals surface area contributed by atoms with Gasteiger partial charge in [-0.15, -0.1) is 0 Å². The zero-order valence-electron chi connectivity index (χ0n) is 12.2. The van der Waals surface area contributed by atoms with Crippen LogP contribution in [0.15, 0.2) is 24.3 Å². The minimum Gasteiger partial charge on any atom is -0.362 e. The van der Waals surface area contributed by atoms with Gasteiger partial charge in [0.2, 0.25) is 0 Å². The third-order valence-electron chi connectivity index (χ3n) is 4.72. The molecule has 1 heterocycles. The van der Waals surface area contributed by atoms with E-state index in [1.807, 2.05) is 0 Å². The highest BCUT2D eigenvalue weighted by atomic mass is 79.9. The summed E-state index contributed by atoms with van der Waals surface area (Å²) in [5, 5.41) is 4.09. The number of aromatic amines is 1. The smallest absolute Gasteiger partial charge is 0.107 e. The van der Waals surface area contributed by atoms with Crippen molar-refractivity contribution in [2.45, 2.75) is 45.3 Å². The van der Waals surface area contributed by atoms with Crippen molar-refractivity contribution < 1.29 is 0 Å². The number of rotatable bonds is 6. The van der Waals surface area contributed by atoms with Crippen molar-refractivity contribution in [3.05, 3.63) is 29.8 Å². The fraction of sp³-hybridized carbons (Fsp3) is 0.500. The second-order valence-corrected chi connectivity index (χ2v) is 11.3. The largest absolute Gasteiger partial charge is 0.362 e. The van der Waals surface area contributed by atoms with E-state index in [0.717, 1.165) is 11.8 Å². The standard InChI is InChI=1S/C16H24BrNSi/c1-4-19(5-2,6-3)16-14(11-12-17)13-9-7-8-10-15(13)18-16/h7-10,18H,4-6,11-12H2,1-3H3. The zero-order valence-corrected chi connectivity index (χ0v) is 14.8. The predicted octanol–water partition coefficient (Wildman–Crippen LogP) is 4.82. The maximum absolute atomic E-state index is 3.78. The molecule has 0 unspecified atom stereocenters. The molecule has 1 aromatic carbocycles. The summed E-state index contributed by atoms with van der Waals surface area (Å²) in [6.07, 6.45) is 1.13. The van der Waals surface area contributed by atoms with E-state index in [9.17, 15) is 0 Å². The van der Waals surface area contributed by atoms with E-state index in [1.54, 1.807) is 10.9 Å². The van der Waals surface area contributed by atoms with Gasteiger partial charge in [0.15, 0.2) is 0 Å². The van der Waals surface area contributed by atoms with Crippen LogP contribution in [0.5, 0.6) is 0 Å². The molecule has 2 rings (SSSR count). The quantitative estimate of drug-likeness (QED) is 0.574. The highest BCUT2D eigenvalue weighted by Gasteiger charge is 2.33. The molecule has 104 valence electrons. The van der Waals surface area contributed by atoms with Crippen LogP contribution in [0.3, 0.4) is 0 Å². The zero-order chi connectivity index (χ0) is 13.9. The van der Waals surface area contributed by atoms with Crippen LogP contribution in [0, 0.1) is 0 Å². The van der Waals surface area contributed by atoms with Crippen molar-refractivity contribution in [3.63, 3.8) is 0 Å². The third kappa shape index (κ3) is 2.55. The molecule has 2 aromatic rings. The molecular weight excluding hydrogens is 314 g/mol. The van der Waals surface area contributed by atoms with E-state index >= 15 is 0 Å². The van der Waals surface area contributed by atoms with Gasteiger partial charge in [-0.05, 0) is 18.1 Å². The fourth-order valence-corrected chi connectivity index (χ4v) is 7.54. The Hall–Kier alpha value is -0.543. The molecule has 0 amide bonds. The molecule has 19 heavy (non-hydrogen) atoms. The minimum absolute atomic E-state index is 1.05. The number of aryl methyl sites for hydroxylation is 1. The van der Waals surface area contributed by atoms with E-state index in [2.05, 4.69) is 66.0 Å². The van der Waals surface area contributed by atoms with Gasteiger partial charge in [-0.2, -0.15) is 0 Å². The number of para-hydroxylation sites is 1. The summed E-state index contributed by atoms with van der Waals surface area (Å²) < 4.78 is 0. The van der Waals surface area contributed by atoms with Crippen LogP contribution in [-0.4, -0.2) is 18.4 Å². The van der Waals surface area contributed by atoms with Crippen molar-refractivity contribution in [3.8, 4) is 0 Å². The highest BCUT2D eigenvalue weighted by molar-refractivity contribution is 9.09. The molecule has 0 aliphatic carbocycles. The summed E-state index contributed by atoms with van der Waals surface area (Å²) >= 11 is 3.62. The summed E-state index contributed by atoms with van der Waals surface area (Å²) in [4.78, 5) is 3.78. The minimum atomic E-state index is -1.33. The number of alkyl halides is 1. The van der Waals surface area contributed by atoms with Crippen molar-refractivity contribution in [1.29, 1.82) is 0 Å². The number of hydrogen-bond donors (Lipinski definition) is 1. The first kappa shape index (κ1) is 14.9. The van der Waals surface area contributed by atoms with Crippen LogP contribution in [0.1, 0.15) is 26.3 Å². The van der Waals surface area contributed by atoms with Gasteiger partial charge < -0.3 is 4.98 Å². The monoisotopic (exact) mass is 337 g/mol. The lowest BCUT2D eigenvalue weighted by Gasteiger charge is -2.28. The summed E-state index contributed by atoms with van der Waals surface area (Å²) in [6, 6.07) is 12.8. The van der Waals surface area contributed by atoms with Gasteiger partial charge in [0.05, 0.1) is 0 Å². The number of hydrogen-bond acceptors (Lipinski definition) is 0. The lowest BCUT2D eigenvalue weighted by atomic mass is 10.1. The van der Waals surface area contributed by atoms with E-state index < -0.39 is 8.07 Å². The summed E-state index contributed by atoms with van der Waals surface area (Å²) in [6.45, 7) is 7.13. The average molecular weight is 338 g/mol. The Labute approximate surface area is 125 Å². The maximum atomic E-state index is 3.78. The van der Waals surface area contributed by atoms with Crippen LogP contribution in [-0.2, 0) is 6.42 Å². The van der Waals surface area contributed by atoms with Crippen LogP contribution < -0.4 is 5.32 Å². The molecule has 0 atom stereocenters. The molecule has 0 bridgehead atoms. The highest BCUT2D eigenvalue weighted by Crippen LogP contribution is 2.26. The fourth-order valence-electron chi connectivity index (χ4n) is 3.29. The van der Waals surface area contributed by atoms with Gasteiger partial charge in [-0.25, -0.2) is 0 Å². The van der Waals surface area contributed by atoms with Crippen molar-refractivity contribution >= 4 is 40.2 Å². The number of benzene rings is 1. The van der Waals surface area contributed by atoms with E-state index in [1.165, 1.54) is 29.0 Å². The van der Waals surface area contributed by atoms with Crippen LogP contribution in [0.4, 0.5) is 0 Å². The summed E-state index contributed by atoms with van der Waals surface area (Å²) in [7, 11) is -1.33. The third-order valence-corrected chi connectivity index (χ3v) is 10.7. The number of H-pyrrole nitrogens is 1.